The van der Waals surface area contributed by atoms with Gasteiger partial charge in [0.15, 0.2) is 0 Å². The molecule has 1 heterocycles. The second-order valence-corrected chi connectivity index (χ2v) is 8.04. The molecule has 1 fully saturated rings. The third-order valence-corrected chi connectivity index (χ3v) is 6.16. The Morgan fingerprint density at radius 3 is 2.64 bits per heavy atom. The van der Waals surface area contributed by atoms with Gasteiger partial charge < -0.3 is 9.64 Å². The highest BCUT2D eigenvalue weighted by Gasteiger charge is 2.30. The van der Waals surface area contributed by atoms with Crippen molar-refractivity contribution in [1.82, 2.24) is 4.31 Å². The van der Waals surface area contributed by atoms with Gasteiger partial charge in [0.2, 0.25) is 10.0 Å². The van der Waals surface area contributed by atoms with Crippen molar-refractivity contribution in [3.05, 3.63) is 28.7 Å². The summed E-state index contributed by atoms with van der Waals surface area (Å²) < 4.78 is 32.0. The maximum atomic E-state index is 12.6. The van der Waals surface area contributed by atoms with Gasteiger partial charge in [0, 0.05) is 4.47 Å². The fourth-order valence-corrected chi connectivity index (χ4v) is 4.49. The number of nitrogens with zero attached hydrogens (tertiary/aromatic N) is 1. The first-order chi connectivity index (χ1) is 10.4. The monoisotopic (exact) mass is 391 g/mol. The van der Waals surface area contributed by atoms with Crippen LogP contribution in [-0.4, -0.2) is 58.5 Å². The minimum absolute atomic E-state index is 0.225. The molecule has 0 amide bonds. The average Bonchev–Trinajstić information content (AvgIpc) is 2.53. The summed E-state index contributed by atoms with van der Waals surface area (Å²) in [4.78, 5) is 12.7. The summed E-state index contributed by atoms with van der Waals surface area (Å²) in [7, 11) is -2.07. The highest BCUT2D eigenvalue weighted by atomic mass is 79.9. The number of carbonyl (C=O) groups excluding carboxylic acids is 1. The Bertz CT molecular complexity index is 627. The molecule has 0 bridgehead atoms. The van der Waals surface area contributed by atoms with Crippen LogP contribution in [0.2, 0.25) is 0 Å². The SMILES string of the molecule is COC(=O)CC[NH+]1CCN(S(=O)(=O)c2cccc(Br)c2)CC1. The molecule has 1 aromatic rings. The molecule has 1 aliphatic rings. The molecule has 8 heteroatoms. The highest BCUT2D eigenvalue weighted by molar-refractivity contribution is 9.10. The molecule has 1 aromatic carbocycles. The first-order valence-corrected chi connectivity index (χ1v) is 9.33. The van der Waals surface area contributed by atoms with Gasteiger partial charge >= 0.3 is 5.97 Å². The molecule has 2 rings (SSSR count). The topological polar surface area (TPSA) is 68.1 Å². The third-order valence-electron chi connectivity index (χ3n) is 3.77. The number of ether oxygens (including phenoxy) is 1. The number of rotatable bonds is 5. The van der Waals surface area contributed by atoms with Crippen molar-refractivity contribution in [1.29, 1.82) is 0 Å². The number of carbonyl (C=O) groups is 1. The molecular formula is C14H20BrN2O4S+. The van der Waals surface area contributed by atoms with Crippen molar-refractivity contribution in [2.75, 3.05) is 39.8 Å². The Hall–Kier alpha value is -0.960. The van der Waals surface area contributed by atoms with Gasteiger partial charge in [0.25, 0.3) is 0 Å². The van der Waals surface area contributed by atoms with E-state index >= 15 is 0 Å². The van der Waals surface area contributed by atoms with Gasteiger partial charge in [-0.25, -0.2) is 8.42 Å². The van der Waals surface area contributed by atoms with E-state index in [1.54, 1.807) is 24.3 Å². The van der Waals surface area contributed by atoms with E-state index in [0.717, 1.165) is 4.47 Å². The highest BCUT2D eigenvalue weighted by Crippen LogP contribution is 2.19. The van der Waals surface area contributed by atoms with E-state index in [1.807, 2.05) is 0 Å². The zero-order valence-corrected chi connectivity index (χ0v) is 14.8. The van der Waals surface area contributed by atoms with E-state index in [0.29, 0.717) is 44.0 Å². The van der Waals surface area contributed by atoms with Gasteiger partial charge in [0.05, 0.1) is 51.1 Å². The van der Waals surface area contributed by atoms with Crippen molar-refractivity contribution in [3.63, 3.8) is 0 Å². The lowest BCUT2D eigenvalue weighted by atomic mass is 10.3. The second kappa shape index (κ2) is 7.54. The van der Waals surface area contributed by atoms with Crippen molar-refractivity contribution >= 4 is 31.9 Å². The van der Waals surface area contributed by atoms with E-state index in [-0.39, 0.29) is 5.97 Å². The quantitative estimate of drug-likeness (QED) is 0.711. The van der Waals surface area contributed by atoms with Crippen molar-refractivity contribution in [2.45, 2.75) is 11.3 Å². The first kappa shape index (κ1) is 17.4. The first-order valence-electron chi connectivity index (χ1n) is 7.09. The van der Waals surface area contributed by atoms with Crippen LogP contribution in [-0.2, 0) is 19.6 Å². The van der Waals surface area contributed by atoms with Crippen molar-refractivity contribution in [2.24, 2.45) is 0 Å². The predicted molar refractivity (Wildman–Crippen MR) is 85.1 cm³/mol. The number of nitrogens with one attached hydrogen (secondary N) is 1. The number of halogens is 1. The fourth-order valence-electron chi connectivity index (χ4n) is 2.45. The molecule has 0 spiro atoms. The maximum absolute atomic E-state index is 12.6. The Morgan fingerprint density at radius 2 is 2.05 bits per heavy atom. The lowest BCUT2D eigenvalue weighted by Crippen LogP contribution is -3.14. The van der Waals surface area contributed by atoms with Crippen LogP contribution in [0, 0.1) is 0 Å². The number of quaternary nitrogens is 1. The average molecular weight is 392 g/mol. The molecule has 1 saturated heterocycles. The van der Waals surface area contributed by atoms with E-state index in [2.05, 4.69) is 20.7 Å². The summed E-state index contributed by atoms with van der Waals surface area (Å²) in [6.07, 6.45) is 0.365. The minimum Gasteiger partial charge on any atom is -0.469 e. The molecule has 0 atom stereocenters. The molecule has 0 aromatic heterocycles. The summed E-state index contributed by atoms with van der Waals surface area (Å²) in [6.45, 7) is 3.00. The zero-order chi connectivity index (χ0) is 16.2. The molecule has 6 nitrogen and oxygen atoms in total. The number of benzene rings is 1. The van der Waals surface area contributed by atoms with Crippen LogP contribution in [0.5, 0.6) is 0 Å². The fraction of sp³-hybridized carbons (Fsp3) is 0.500. The Kier molecular flexibility index (Phi) is 5.96. The van der Waals surface area contributed by atoms with Crippen molar-refractivity contribution in [3.8, 4) is 0 Å². The summed E-state index contributed by atoms with van der Waals surface area (Å²) in [5.41, 5.74) is 0. The van der Waals surface area contributed by atoms with Gasteiger partial charge in [-0.15, -0.1) is 0 Å². The Morgan fingerprint density at radius 1 is 1.36 bits per heavy atom. The number of hydrogen-bond donors (Lipinski definition) is 1. The van der Waals surface area contributed by atoms with Gasteiger partial charge in [-0.1, -0.05) is 22.0 Å². The molecule has 0 unspecified atom stereocenters. The molecule has 0 saturated carbocycles. The number of hydrogen-bond acceptors (Lipinski definition) is 4. The molecule has 22 heavy (non-hydrogen) atoms. The van der Waals surface area contributed by atoms with Crippen LogP contribution in [0.3, 0.4) is 0 Å². The normalized spacial score (nSPS) is 17.4. The van der Waals surface area contributed by atoms with Gasteiger partial charge in [-0.05, 0) is 18.2 Å². The van der Waals surface area contributed by atoms with Gasteiger partial charge in [0.1, 0.15) is 0 Å². The molecular weight excluding hydrogens is 372 g/mol. The van der Waals surface area contributed by atoms with Crippen LogP contribution in [0.25, 0.3) is 0 Å². The van der Waals surface area contributed by atoms with Crippen molar-refractivity contribution < 1.29 is 22.8 Å². The second-order valence-electron chi connectivity index (χ2n) is 5.19. The van der Waals surface area contributed by atoms with Crippen LogP contribution in [0.1, 0.15) is 6.42 Å². The number of sulfonamides is 1. The summed E-state index contributed by atoms with van der Waals surface area (Å²) >= 11 is 3.30. The molecule has 1 N–H and O–H groups in total. The summed E-state index contributed by atoms with van der Waals surface area (Å²) in [6, 6.07) is 6.74. The number of esters is 1. The molecule has 0 radical (unpaired) electrons. The smallest absolute Gasteiger partial charge is 0.311 e. The number of piperazine rings is 1. The van der Waals surface area contributed by atoms with Crippen LogP contribution in [0.4, 0.5) is 0 Å². The molecule has 122 valence electrons. The largest absolute Gasteiger partial charge is 0.469 e. The van der Waals surface area contributed by atoms with Gasteiger partial charge in [-0.2, -0.15) is 4.31 Å². The zero-order valence-electron chi connectivity index (χ0n) is 12.4. The molecule has 1 aliphatic heterocycles. The van der Waals surface area contributed by atoms with E-state index in [9.17, 15) is 13.2 Å². The Balaban J connectivity index is 1.95. The third kappa shape index (κ3) is 4.28. The standard InChI is InChI=1S/C14H19BrN2O4S/c1-21-14(18)5-6-16-7-9-17(10-8-16)22(19,20)13-4-2-3-12(15)11-13/h2-4,11H,5-10H2,1H3/p+1. The van der Waals surface area contributed by atoms with Crippen LogP contribution < -0.4 is 4.90 Å². The lowest BCUT2D eigenvalue weighted by molar-refractivity contribution is -0.903. The summed E-state index contributed by atoms with van der Waals surface area (Å²) in [5.74, 6) is -0.225. The summed E-state index contributed by atoms with van der Waals surface area (Å²) in [5, 5.41) is 0. The molecule has 0 aliphatic carbocycles. The van der Waals surface area contributed by atoms with Crippen LogP contribution >= 0.6 is 15.9 Å². The van der Waals surface area contributed by atoms with Crippen LogP contribution in [0.15, 0.2) is 33.6 Å². The van der Waals surface area contributed by atoms with E-state index < -0.39 is 10.0 Å². The van der Waals surface area contributed by atoms with E-state index in [4.69, 9.17) is 0 Å². The van der Waals surface area contributed by atoms with Gasteiger partial charge in [-0.3, -0.25) is 4.79 Å². The van der Waals surface area contributed by atoms with E-state index in [1.165, 1.54) is 16.3 Å². The Labute approximate surface area is 139 Å². The minimum atomic E-state index is -3.45. The lowest BCUT2D eigenvalue weighted by Gasteiger charge is -2.31. The predicted octanol–water partition coefficient (Wildman–Crippen LogP) is -0.0986. The maximum Gasteiger partial charge on any atom is 0.311 e. The number of methoxy groups -OCH3 is 1.